The minimum atomic E-state index is 0.372. The van der Waals surface area contributed by atoms with Gasteiger partial charge in [-0.05, 0) is 31.2 Å². The number of nitrogens with zero attached hydrogens (tertiary/aromatic N) is 2. The molecular weight excluding hydrogens is 270 g/mol. The maximum atomic E-state index is 5.80. The normalized spacial score (nSPS) is 10.9. The molecule has 1 aromatic carbocycles. The van der Waals surface area contributed by atoms with Crippen molar-refractivity contribution < 1.29 is 4.74 Å². The number of thiazole rings is 1. The van der Waals surface area contributed by atoms with Gasteiger partial charge in [-0.3, -0.25) is 4.98 Å². The van der Waals surface area contributed by atoms with Crippen LogP contribution in [0.5, 0.6) is 5.75 Å². The van der Waals surface area contributed by atoms with Crippen LogP contribution >= 0.6 is 11.3 Å². The molecule has 2 N–H and O–H groups in total. The van der Waals surface area contributed by atoms with Crippen LogP contribution in [0.4, 0.5) is 0 Å². The van der Waals surface area contributed by atoms with Gasteiger partial charge in [-0.2, -0.15) is 0 Å². The zero-order valence-corrected chi connectivity index (χ0v) is 12.0. The first-order chi connectivity index (χ1) is 9.76. The third-order valence-electron chi connectivity index (χ3n) is 2.95. The second kappa shape index (κ2) is 5.56. The van der Waals surface area contributed by atoms with Gasteiger partial charge in [0.2, 0.25) is 0 Å². The number of benzene rings is 1. The van der Waals surface area contributed by atoms with Crippen molar-refractivity contribution in [3.8, 4) is 5.75 Å². The summed E-state index contributed by atoms with van der Waals surface area (Å²) in [5.74, 6) is 0.734. The van der Waals surface area contributed by atoms with Crippen molar-refractivity contribution in [2.75, 3.05) is 0 Å². The van der Waals surface area contributed by atoms with Crippen LogP contribution in [0.2, 0.25) is 0 Å². The van der Waals surface area contributed by atoms with Gasteiger partial charge in [0.1, 0.15) is 17.4 Å². The van der Waals surface area contributed by atoms with E-state index in [4.69, 9.17) is 10.5 Å². The Morgan fingerprint density at radius 3 is 2.80 bits per heavy atom. The molecular formula is C15H15N3OS. The molecule has 0 radical (unpaired) electrons. The van der Waals surface area contributed by atoms with Crippen molar-refractivity contribution in [1.29, 1.82) is 0 Å². The number of ether oxygens (including phenoxy) is 1. The Bertz CT molecular complexity index is 706. The predicted octanol–water partition coefficient (Wildman–Crippen LogP) is 3.04. The fourth-order valence-corrected chi connectivity index (χ4v) is 2.88. The van der Waals surface area contributed by atoms with Crippen LogP contribution in [0.3, 0.4) is 0 Å². The summed E-state index contributed by atoms with van der Waals surface area (Å²) in [6.45, 7) is 2.75. The van der Waals surface area contributed by atoms with Gasteiger partial charge in [-0.15, -0.1) is 11.3 Å². The molecule has 0 spiro atoms. The van der Waals surface area contributed by atoms with E-state index in [1.54, 1.807) is 11.3 Å². The van der Waals surface area contributed by atoms with Crippen molar-refractivity contribution in [1.82, 2.24) is 9.97 Å². The summed E-state index contributed by atoms with van der Waals surface area (Å²) in [7, 11) is 0. The molecule has 2 heterocycles. The van der Waals surface area contributed by atoms with E-state index in [0.717, 1.165) is 27.7 Å². The standard InChI is InChI=1S/C15H15N3OS/c1-10-6-7-13(12(8-16)17-10)19-9-15-18-11-4-2-3-5-14(11)20-15/h2-7H,8-9,16H2,1H3. The Labute approximate surface area is 121 Å². The van der Waals surface area contributed by atoms with Crippen LogP contribution in [-0.4, -0.2) is 9.97 Å². The van der Waals surface area contributed by atoms with Gasteiger partial charge >= 0.3 is 0 Å². The number of fused-ring (bicyclic) bond motifs is 1. The second-order valence-electron chi connectivity index (χ2n) is 4.47. The number of hydrogen-bond acceptors (Lipinski definition) is 5. The summed E-state index contributed by atoms with van der Waals surface area (Å²) in [5, 5.41) is 0.953. The number of aromatic nitrogens is 2. The van der Waals surface area contributed by atoms with Crippen molar-refractivity contribution in [2.45, 2.75) is 20.1 Å². The van der Waals surface area contributed by atoms with Gasteiger partial charge in [0.15, 0.2) is 0 Å². The summed E-state index contributed by atoms with van der Waals surface area (Å²) in [6, 6.07) is 11.9. The van der Waals surface area contributed by atoms with E-state index in [1.165, 1.54) is 4.70 Å². The van der Waals surface area contributed by atoms with E-state index < -0.39 is 0 Å². The number of aryl methyl sites for hydroxylation is 1. The lowest BCUT2D eigenvalue weighted by Gasteiger charge is -2.08. The first kappa shape index (κ1) is 13.0. The fraction of sp³-hybridized carbons (Fsp3) is 0.200. The molecule has 102 valence electrons. The highest BCUT2D eigenvalue weighted by atomic mass is 32.1. The van der Waals surface area contributed by atoms with Gasteiger partial charge in [-0.1, -0.05) is 12.1 Å². The Hall–Kier alpha value is -1.98. The van der Waals surface area contributed by atoms with Crippen molar-refractivity contribution >= 4 is 21.6 Å². The summed E-state index contributed by atoms with van der Waals surface area (Å²) in [4.78, 5) is 8.92. The van der Waals surface area contributed by atoms with Crippen LogP contribution in [-0.2, 0) is 13.2 Å². The Kier molecular flexibility index (Phi) is 3.62. The minimum Gasteiger partial charge on any atom is -0.484 e. The average Bonchev–Trinajstić information content (AvgIpc) is 2.88. The molecule has 0 bridgehead atoms. The highest BCUT2D eigenvalue weighted by Gasteiger charge is 2.07. The molecule has 3 aromatic rings. The van der Waals surface area contributed by atoms with Gasteiger partial charge in [0.25, 0.3) is 0 Å². The zero-order chi connectivity index (χ0) is 13.9. The van der Waals surface area contributed by atoms with Crippen molar-refractivity contribution in [3.05, 3.63) is 52.8 Å². The first-order valence-electron chi connectivity index (χ1n) is 6.40. The molecule has 3 rings (SSSR count). The smallest absolute Gasteiger partial charge is 0.142 e. The third-order valence-corrected chi connectivity index (χ3v) is 3.96. The molecule has 20 heavy (non-hydrogen) atoms. The zero-order valence-electron chi connectivity index (χ0n) is 11.2. The lowest BCUT2D eigenvalue weighted by molar-refractivity contribution is 0.301. The molecule has 2 aromatic heterocycles. The maximum absolute atomic E-state index is 5.80. The lowest BCUT2D eigenvalue weighted by atomic mass is 10.3. The van der Waals surface area contributed by atoms with Crippen LogP contribution in [0, 0.1) is 6.92 Å². The van der Waals surface area contributed by atoms with E-state index in [2.05, 4.69) is 16.0 Å². The van der Waals surface area contributed by atoms with Crippen LogP contribution in [0.1, 0.15) is 16.4 Å². The quantitative estimate of drug-likeness (QED) is 0.800. The van der Waals surface area contributed by atoms with E-state index in [-0.39, 0.29) is 0 Å². The summed E-state index contributed by atoms with van der Waals surface area (Å²) < 4.78 is 6.98. The number of rotatable bonds is 4. The van der Waals surface area contributed by atoms with E-state index in [0.29, 0.717) is 13.2 Å². The molecule has 0 amide bonds. The molecule has 0 atom stereocenters. The molecule has 4 nitrogen and oxygen atoms in total. The van der Waals surface area contributed by atoms with Crippen LogP contribution < -0.4 is 10.5 Å². The number of pyridine rings is 1. The predicted molar refractivity (Wildman–Crippen MR) is 80.8 cm³/mol. The van der Waals surface area contributed by atoms with Gasteiger partial charge in [-0.25, -0.2) is 4.98 Å². The third kappa shape index (κ3) is 2.64. The molecule has 0 aliphatic heterocycles. The van der Waals surface area contributed by atoms with Crippen LogP contribution in [0.25, 0.3) is 10.2 Å². The largest absolute Gasteiger partial charge is 0.484 e. The molecule has 0 aliphatic carbocycles. The SMILES string of the molecule is Cc1ccc(OCc2nc3ccccc3s2)c(CN)n1. The van der Waals surface area contributed by atoms with Gasteiger partial charge < -0.3 is 10.5 Å². The number of para-hydroxylation sites is 1. The molecule has 0 fully saturated rings. The average molecular weight is 285 g/mol. The van der Waals surface area contributed by atoms with E-state index in [9.17, 15) is 0 Å². The molecule has 5 heteroatoms. The summed E-state index contributed by atoms with van der Waals surface area (Å²) in [5.41, 5.74) is 8.43. The topological polar surface area (TPSA) is 61.0 Å². The number of nitrogens with two attached hydrogens (primary N) is 1. The summed E-state index contributed by atoms with van der Waals surface area (Å²) >= 11 is 1.65. The first-order valence-corrected chi connectivity index (χ1v) is 7.22. The van der Waals surface area contributed by atoms with E-state index in [1.807, 2.05) is 37.3 Å². The Balaban J connectivity index is 1.79. The maximum Gasteiger partial charge on any atom is 0.142 e. The molecule has 0 saturated heterocycles. The van der Waals surface area contributed by atoms with Gasteiger partial charge in [0, 0.05) is 12.2 Å². The minimum absolute atomic E-state index is 0.372. The molecule has 0 saturated carbocycles. The number of hydrogen-bond donors (Lipinski definition) is 1. The lowest BCUT2D eigenvalue weighted by Crippen LogP contribution is -2.05. The second-order valence-corrected chi connectivity index (χ2v) is 5.58. The highest BCUT2D eigenvalue weighted by molar-refractivity contribution is 7.18. The Morgan fingerprint density at radius 1 is 1.15 bits per heavy atom. The monoisotopic (exact) mass is 285 g/mol. The fourth-order valence-electron chi connectivity index (χ4n) is 2.00. The Morgan fingerprint density at radius 2 is 2.00 bits per heavy atom. The van der Waals surface area contributed by atoms with Crippen molar-refractivity contribution in [2.24, 2.45) is 5.73 Å². The highest BCUT2D eigenvalue weighted by Crippen LogP contribution is 2.24. The molecule has 0 unspecified atom stereocenters. The van der Waals surface area contributed by atoms with Gasteiger partial charge in [0.05, 0.1) is 15.9 Å². The molecule has 0 aliphatic rings. The van der Waals surface area contributed by atoms with Crippen molar-refractivity contribution in [3.63, 3.8) is 0 Å². The van der Waals surface area contributed by atoms with Crippen LogP contribution in [0.15, 0.2) is 36.4 Å². The van der Waals surface area contributed by atoms with E-state index >= 15 is 0 Å². The summed E-state index contributed by atoms with van der Waals surface area (Å²) in [6.07, 6.45) is 0.